The predicted octanol–water partition coefficient (Wildman–Crippen LogP) is 4.66. The van der Waals surface area contributed by atoms with Crippen LogP contribution < -0.4 is 0 Å². The zero-order valence-electron chi connectivity index (χ0n) is 16.3. The molecular formula is C22H38O3. The monoisotopic (exact) mass is 350 g/mol. The highest BCUT2D eigenvalue weighted by molar-refractivity contribution is 5.84. The number of carbonyl (C=O) groups excluding carboxylic acids is 1. The summed E-state index contributed by atoms with van der Waals surface area (Å²) in [7, 11) is 0. The van der Waals surface area contributed by atoms with Crippen molar-refractivity contribution >= 4 is 5.78 Å². The lowest BCUT2D eigenvalue weighted by Gasteiger charge is -2.42. The molecule has 0 aromatic heterocycles. The van der Waals surface area contributed by atoms with Crippen molar-refractivity contribution in [1.82, 2.24) is 0 Å². The molecule has 2 fully saturated rings. The molecule has 0 bridgehead atoms. The van der Waals surface area contributed by atoms with Gasteiger partial charge in [0.25, 0.3) is 0 Å². The maximum atomic E-state index is 12.4. The van der Waals surface area contributed by atoms with Gasteiger partial charge in [0.05, 0.1) is 6.10 Å². The molecule has 144 valence electrons. The minimum Gasteiger partial charge on any atom is -0.396 e. The number of unbranched alkanes of at least 4 members (excludes halogenated alkanes) is 2. The maximum Gasteiger partial charge on any atom is 0.136 e. The molecule has 0 spiro atoms. The number of hydrogen-bond donors (Lipinski definition) is 2. The van der Waals surface area contributed by atoms with E-state index in [-0.39, 0.29) is 24.0 Å². The van der Waals surface area contributed by atoms with Gasteiger partial charge in [-0.1, -0.05) is 38.8 Å². The predicted molar refractivity (Wildman–Crippen MR) is 102 cm³/mol. The van der Waals surface area contributed by atoms with Crippen LogP contribution in [-0.4, -0.2) is 28.7 Å². The Morgan fingerprint density at radius 3 is 2.64 bits per heavy atom. The molecule has 2 rings (SSSR count). The van der Waals surface area contributed by atoms with Gasteiger partial charge in [0.1, 0.15) is 5.78 Å². The van der Waals surface area contributed by atoms with Crippen molar-refractivity contribution in [2.24, 2.45) is 23.2 Å². The first-order chi connectivity index (χ1) is 12.0. The average molecular weight is 351 g/mol. The molecule has 2 saturated carbocycles. The number of allylic oxidation sites excluding steroid dienone is 2. The number of aliphatic hydroxyl groups is 2. The van der Waals surface area contributed by atoms with Gasteiger partial charge in [-0.05, 0) is 68.6 Å². The molecule has 0 radical (unpaired) electrons. The molecule has 0 aromatic carbocycles. The third-order valence-electron chi connectivity index (χ3n) is 6.84. The van der Waals surface area contributed by atoms with Crippen LogP contribution in [0.3, 0.4) is 0 Å². The normalized spacial score (nSPS) is 29.9. The van der Waals surface area contributed by atoms with Crippen LogP contribution in [0.1, 0.15) is 84.5 Å². The molecule has 25 heavy (non-hydrogen) atoms. The molecule has 0 heterocycles. The molecule has 3 heteroatoms. The number of carbonyl (C=O) groups is 1. The Morgan fingerprint density at radius 1 is 1.24 bits per heavy atom. The Hall–Kier alpha value is -0.670. The number of aliphatic hydroxyl groups excluding tert-OH is 2. The van der Waals surface area contributed by atoms with Crippen LogP contribution in [0.2, 0.25) is 0 Å². The summed E-state index contributed by atoms with van der Waals surface area (Å²) in [5.41, 5.74) is 0.161. The largest absolute Gasteiger partial charge is 0.396 e. The van der Waals surface area contributed by atoms with Crippen LogP contribution in [0.25, 0.3) is 0 Å². The first-order valence-corrected chi connectivity index (χ1v) is 10.4. The quantitative estimate of drug-likeness (QED) is 0.421. The van der Waals surface area contributed by atoms with E-state index in [0.717, 1.165) is 64.2 Å². The summed E-state index contributed by atoms with van der Waals surface area (Å²) in [4.78, 5) is 12.4. The fourth-order valence-electron chi connectivity index (χ4n) is 4.75. The molecule has 3 nitrogen and oxygen atoms in total. The van der Waals surface area contributed by atoms with Crippen molar-refractivity contribution in [3.63, 3.8) is 0 Å². The van der Waals surface area contributed by atoms with E-state index in [1.165, 1.54) is 6.42 Å². The second-order valence-corrected chi connectivity index (χ2v) is 8.80. The van der Waals surface area contributed by atoms with Crippen LogP contribution >= 0.6 is 0 Å². The minimum absolute atomic E-state index is 0.161. The van der Waals surface area contributed by atoms with E-state index >= 15 is 0 Å². The second-order valence-electron chi connectivity index (χ2n) is 8.80. The Bertz CT molecular complexity index is 439. The number of hydrogen-bond acceptors (Lipinski definition) is 3. The highest BCUT2D eigenvalue weighted by Crippen LogP contribution is 2.45. The Balaban J connectivity index is 1.75. The summed E-state index contributed by atoms with van der Waals surface area (Å²) < 4.78 is 0. The van der Waals surface area contributed by atoms with Crippen molar-refractivity contribution in [2.75, 3.05) is 6.61 Å². The molecule has 2 N–H and O–H groups in total. The SMILES string of the molecule is C[C@@H]1CC(=O)[C@H](C/C=C\CCCCO)[C@H]1CCCC(O)C1(C)CCC1. The molecule has 0 aromatic rings. The van der Waals surface area contributed by atoms with Gasteiger partial charge in [-0.2, -0.15) is 0 Å². The first kappa shape index (κ1) is 20.6. The Kier molecular flexibility index (Phi) is 8.15. The van der Waals surface area contributed by atoms with E-state index in [9.17, 15) is 9.90 Å². The van der Waals surface area contributed by atoms with Gasteiger partial charge in [-0.3, -0.25) is 4.79 Å². The van der Waals surface area contributed by atoms with Gasteiger partial charge in [0.2, 0.25) is 0 Å². The molecule has 0 aliphatic heterocycles. The zero-order valence-corrected chi connectivity index (χ0v) is 16.3. The van der Waals surface area contributed by atoms with Crippen LogP contribution in [-0.2, 0) is 4.79 Å². The molecule has 2 aliphatic carbocycles. The molecule has 0 saturated heterocycles. The fraction of sp³-hybridized carbons (Fsp3) is 0.864. The summed E-state index contributed by atoms with van der Waals surface area (Å²) in [5.74, 6) is 1.58. The lowest BCUT2D eigenvalue weighted by molar-refractivity contribution is -0.121. The minimum atomic E-state index is -0.168. The third-order valence-corrected chi connectivity index (χ3v) is 6.84. The van der Waals surface area contributed by atoms with Crippen LogP contribution in [0.15, 0.2) is 12.2 Å². The standard InChI is InChI=1S/C22H38O3/c1-17-16-20(24)19(10-6-4-3-5-7-15-23)18(17)11-8-12-21(25)22(2)13-9-14-22/h4,6,17-19,21,23,25H,3,5,7-16H2,1-2H3/b6-4-/t17-,18+,19-,21?/m1/s1. The fourth-order valence-corrected chi connectivity index (χ4v) is 4.75. The van der Waals surface area contributed by atoms with Crippen LogP contribution in [0.5, 0.6) is 0 Å². The third kappa shape index (κ3) is 5.65. The Morgan fingerprint density at radius 2 is 2.00 bits per heavy atom. The van der Waals surface area contributed by atoms with E-state index in [1.54, 1.807) is 0 Å². The van der Waals surface area contributed by atoms with Gasteiger partial charge >= 0.3 is 0 Å². The number of Topliss-reactive ketones (excluding diaryl/α,β-unsaturated/α-hetero) is 1. The van der Waals surface area contributed by atoms with Gasteiger partial charge in [-0.25, -0.2) is 0 Å². The van der Waals surface area contributed by atoms with Crippen molar-refractivity contribution in [3.05, 3.63) is 12.2 Å². The van der Waals surface area contributed by atoms with Crippen molar-refractivity contribution in [3.8, 4) is 0 Å². The van der Waals surface area contributed by atoms with E-state index in [2.05, 4.69) is 26.0 Å². The molecule has 1 unspecified atom stereocenters. The van der Waals surface area contributed by atoms with E-state index in [1.807, 2.05) is 0 Å². The average Bonchev–Trinajstić information content (AvgIpc) is 2.82. The van der Waals surface area contributed by atoms with E-state index < -0.39 is 0 Å². The smallest absolute Gasteiger partial charge is 0.136 e. The summed E-state index contributed by atoms with van der Waals surface area (Å²) in [6.45, 7) is 4.70. The summed E-state index contributed by atoms with van der Waals surface area (Å²) in [5, 5.41) is 19.2. The molecule has 2 aliphatic rings. The molecular weight excluding hydrogens is 312 g/mol. The highest BCUT2D eigenvalue weighted by atomic mass is 16.3. The van der Waals surface area contributed by atoms with E-state index in [4.69, 9.17) is 5.11 Å². The van der Waals surface area contributed by atoms with Gasteiger partial charge in [-0.15, -0.1) is 0 Å². The maximum absolute atomic E-state index is 12.4. The van der Waals surface area contributed by atoms with Crippen LogP contribution in [0.4, 0.5) is 0 Å². The topological polar surface area (TPSA) is 57.5 Å². The van der Waals surface area contributed by atoms with Gasteiger partial charge in [0, 0.05) is 18.9 Å². The lowest BCUT2D eigenvalue weighted by atomic mass is 9.65. The lowest BCUT2D eigenvalue weighted by Crippen LogP contribution is -2.38. The zero-order chi connectivity index (χ0) is 18.3. The second kappa shape index (κ2) is 9.87. The van der Waals surface area contributed by atoms with Crippen molar-refractivity contribution in [1.29, 1.82) is 0 Å². The number of rotatable bonds is 11. The molecule has 0 amide bonds. The number of ketones is 1. The van der Waals surface area contributed by atoms with Crippen molar-refractivity contribution in [2.45, 2.75) is 90.6 Å². The summed E-state index contributed by atoms with van der Waals surface area (Å²) in [6, 6.07) is 0. The van der Waals surface area contributed by atoms with Gasteiger partial charge in [0.15, 0.2) is 0 Å². The first-order valence-electron chi connectivity index (χ1n) is 10.4. The van der Waals surface area contributed by atoms with E-state index in [0.29, 0.717) is 17.6 Å². The van der Waals surface area contributed by atoms with Gasteiger partial charge < -0.3 is 10.2 Å². The highest BCUT2D eigenvalue weighted by Gasteiger charge is 2.40. The molecule has 4 atom stereocenters. The Labute approximate surface area is 153 Å². The van der Waals surface area contributed by atoms with Crippen LogP contribution in [0, 0.1) is 23.2 Å². The summed E-state index contributed by atoms with van der Waals surface area (Å²) >= 11 is 0. The van der Waals surface area contributed by atoms with Crippen molar-refractivity contribution < 1.29 is 15.0 Å². The summed E-state index contributed by atoms with van der Waals surface area (Å²) in [6.07, 6.45) is 15.2.